The second-order valence-electron chi connectivity index (χ2n) is 4.46. The van der Waals surface area contributed by atoms with E-state index in [1.807, 2.05) is 0 Å². The fourth-order valence-electron chi connectivity index (χ4n) is 2.26. The topological polar surface area (TPSA) is 40.5 Å². The van der Waals surface area contributed by atoms with Gasteiger partial charge in [0.2, 0.25) is 0 Å². The Hall–Kier alpha value is -0.930. The van der Waals surface area contributed by atoms with Crippen molar-refractivity contribution in [3.8, 4) is 5.75 Å². The summed E-state index contributed by atoms with van der Waals surface area (Å²) >= 11 is 11.8. The van der Waals surface area contributed by atoms with Crippen LogP contribution < -0.4 is 0 Å². The molecule has 1 aliphatic rings. The fraction of sp³-hybridized carbons (Fsp3) is 0.462. The summed E-state index contributed by atoms with van der Waals surface area (Å²) in [5.41, 5.74) is 0.250. The summed E-state index contributed by atoms with van der Waals surface area (Å²) in [4.78, 5) is 14.1. The average Bonchev–Trinajstić information content (AvgIpc) is 2.40. The largest absolute Gasteiger partial charge is 0.507 e. The van der Waals surface area contributed by atoms with Crippen molar-refractivity contribution in [2.45, 2.75) is 25.3 Å². The smallest absolute Gasteiger partial charge is 0.257 e. The maximum atomic E-state index is 12.4. The number of alkyl halides is 1. The van der Waals surface area contributed by atoms with Crippen molar-refractivity contribution in [1.29, 1.82) is 0 Å². The zero-order valence-corrected chi connectivity index (χ0v) is 11.4. The van der Waals surface area contributed by atoms with Crippen LogP contribution in [0.3, 0.4) is 0 Å². The number of amides is 1. The van der Waals surface area contributed by atoms with Crippen LogP contribution >= 0.6 is 23.2 Å². The van der Waals surface area contributed by atoms with Crippen molar-refractivity contribution in [1.82, 2.24) is 4.90 Å². The highest BCUT2D eigenvalue weighted by atomic mass is 35.5. The van der Waals surface area contributed by atoms with Crippen LogP contribution in [-0.2, 0) is 0 Å². The molecule has 98 valence electrons. The molecule has 3 nitrogen and oxygen atoms in total. The standard InChI is InChI=1S/C13H15Cl2NO2/c14-8-10-3-1-2-6-16(10)13(18)11-7-9(15)4-5-12(11)17/h4-5,7,10,17H,1-3,6,8H2. The van der Waals surface area contributed by atoms with Gasteiger partial charge < -0.3 is 10.0 Å². The van der Waals surface area contributed by atoms with Crippen molar-refractivity contribution in [2.75, 3.05) is 12.4 Å². The van der Waals surface area contributed by atoms with Gasteiger partial charge in [-0.15, -0.1) is 11.6 Å². The normalized spacial score (nSPS) is 19.9. The first-order valence-corrected chi connectivity index (χ1v) is 6.90. The highest BCUT2D eigenvalue weighted by molar-refractivity contribution is 6.31. The molecule has 0 aliphatic carbocycles. The molecule has 1 aliphatic heterocycles. The summed E-state index contributed by atoms with van der Waals surface area (Å²) in [6.07, 6.45) is 2.97. The molecule has 0 bridgehead atoms. The Balaban J connectivity index is 2.26. The molecule has 0 radical (unpaired) electrons. The SMILES string of the molecule is O=C(c1cc(Cl)ccc1O)N1CCCCC1CCl. The summed E-state index contributed by atoms with van der Waals surface area (Å²) in [6.45, 7) is 0.683. The number of carbonyl (C=O) groups is 1. The predicted octanol–water partition coefficient (Wildman–Crippen LogP) is 3.28. The fourth-order valence-corrected chi connectivity index (χ4v) is 2.76. The number of piperidine rings is 1. The maximum Gasteiger partial charge on any atom is 0.257 e. The summed E-state index contributed by atoms with van der Waals surface area (Å²) < 4.78 is 0. The van der Waals surface area contributed by atoms with Gasteiger partial charge in [-0.1, -0.05) is 11.6 Å². The van der Waals surface area contributed by atoms with Gasteiger partial charge in [-0.3, -0.25) is 4.79 Å². The van der Waals surface area contributed by atoms with Crippen molar-refractivity contribution in [3.05, 3.63) is 28.8 Å². The number of aromatic hydroxyl groups is 1. The molecule has 0 saturated carbocycles. The Morgan fingerprint density at radius 2 is 2.22 bits per heavy atom. The Morgan fingerprint density at radius 3 is 2.94 bits per heavy atom. The summed E-state index contributed by atoms with van der Waals surface area (Å²) in [7, 11) is 0. The molecule has 1 unspecified atom stereocenters. The summed E-state index contributed by atoms with van der Waals surface area (Å²) in [5.74, 6) is 0.191. The third-order valence-corrected chi connectivity index (χ3v) is 3.85. The van der Waals surface area contributed by atoms with Gasteiger partial charge in [-0.2, -0.15) is 0 Å². The quantitative estimate of drug-likeness (QED) is 0.848. The second kappa shape index (κ2) is 5.81. The van der Waals surface area contributed by atoms with E-state index in [1.165, 1.54) is 12.1 Å². The molecule has 0 aromatic heterocycles. The number of benzene rings is 1. The van der Waals surface area contributed by atoms with Gasteiger partial charge in [0, 0.05) is 23.5 Å². The molecule has 1 fully saturated rings. The molecule has 1 atom stereocenters. The first kappa shape index (κ1) is 13.5. The highest BCUT2D eigenvalue weighted by Gasteiger charge is 2.28. The molecule has 1 heterocycles. The number of nitrogens with zero attached hydrogens (tertiary/aromatic N) is 1. The van der Waals surface area contributed by atoms with E-state index in [9.17, 15) is 9.90 Å². The first-order valence-electron chi connectivity index (χ1n) is 5.99. The molecule has 2 rings (SSSR count). The van der Waals surface area contributed by atoms with E-state index >= 15 is 0 Å². The van der Waals surface area contributed by atoms with Gasteiger partial charge in [0.1, 0.15) is 5.75 Å². The minimum atomic E-state index is -0.194. The molecule has 1 saturated heterocycles. The Labute approximate surface area is 116 Å². The maximum absolute atomic E-state index is 12.4. The van der Waals surface area contributed by atoms with E-state index in [1.54, 1.807) is 11.0 Å². The van der Waals surface area contributed by atoms with E-state index in [2.05, 4.69) is 0 Å². The number of hydrogen-bond donors (Lipinski definition) is 1. The lowest BCUT2D eigenvalue weighted by molar-refractivity contribution is 0.0636. The van der Waals surface area contributed by atoms with Gasteiger partial charge in [0.05, 0.1) is 5.56 Å². The van der Waals surface area contributed by atoms with Crippen molar-refractivity contribution < 1.29 is 9.90 Å². The number of rotatable bonds is 2. The van der Waals surface area contributed by atoms with E-state index in [4.69, 9.17) is 23.2 Å². The number of likely N-dealkylation sites (tertiary alicyclic amines) is 1. The lowest BCUT2D eigenvalue weighted by Gasteiger charge is -2.34. The van der Waals surface area contributed by atoms with Crippen LogP contribution in [-0.4, -0.2) is 34.4 Å². The van der Waals surface area contributed by atoms with Crippen LogP contribution in [0.15, 0.2) is 18.2 Å². The Morgan fingerprint density at radius 1 is 1.44 bits per heavy atom. The van der Waals surface area contributed by atoms with Gasteiger partial charge in [0.25, 0.3) is 5.91 Å². The summed E-state index contributed by atoms with van der Waals surface area (Å²) in [5, 5.41) is 10.2. The van der Waals surface area contributed by atoms with Crippen LogP contribution in [0.1, 0.15) is 29.6 Å². The Kier molecular flexibility index (Phi) is 4.36. The molecular weight excluding hydrogens is 273 g/mol. The first-order chi connectivity index (χ1) is 8.63. The number of hydrogen-bond acceptors (Lipinski definition) is 2. The van der Waals surface area contributed by atoms with E-state index in [-0.39, 0.29) is 23.3 Å². The van der Waals surface area contributed by atoms with Gasteiger partial charge >= 0.3 is 0 Å². The van der Waals surface area contributed by atoms with Gasteiger partial charge in [0.15, 0.2) is 0 Å². The third kappa shape index (κ3) is 2.73. The molecular formula is C13H15Cl2NO2. The van der Waals surface area contributed by atoms with Crippen LogP contribution in [0.2, 0.25) is 5.02 Å². The molecule has 18 heavy (non-hydrogen) atoms. The minimum absolute atomic E-state index is 0.0386. The van der Waals surface area contributed by atoms with Gasteiger partial charge in [-0.25, -0.2) is 0 Å². The van der Waals surface area contributed by atoms with Crippen molar-refractivity contribution in [2.24, 2.45) is 0 Å². The number of phenols is 1. The molecule has 1 amide bonds. The average molecular weight is 288 g/mol. The van der Waals surface area contributed by atoms with Crippen LogP contribution in [0.25, 0.3) is 0 Å². The van der Waals surface area contributed by atoms with E-state index in [0.29, 0.717) is 17.4 Å². The van der Waals surface area contributed by atoms with Crippen LogP contribution in [0.4, 0.5) is 0 Å². The van der Waals surface area contributed by atoms with Crippen molar-refractivity contribution >= 4 is 29.1 Å². The van der Waals surface area contributed by atoms with Gasteiger partial charge in [-0.05, 0) is 37.5 Å². The van der Waals surface area contributed by atoms with Crippen LogP contribution in [0.5, 0.6) is 5.75 Å². The monoisotopic (exact) mass is 287 g/mol. The minimum Gasteiger partial charge on any atom is -0.507 e. The molecule has 1 N–H and O–H groups in total. The predicted molar refractivity (Wildman–Crippen MR) is 72.5 cm³/mol. The molecule has 0 spiro atoms. The third-order valence-electron chi connectivity index (χ3n) is 3.26. The number of phenolic OH excluding ortho intramolecular Hbond substituents is 1. The number of halogens is 2. The second-order valence-corrected chi connectivity index (χ2v) is 5.21. The Bertz CT molecular complexity index is 451. The number of carbonyl (C=O) groups excluding carboxylic acids is 1. The van der Waals surface area contributed by atoms with Crippen molar-refractivity contribution in [3.63, 3.8) is 0 Å². The van der Waals surface area contributed by atoms with E-state index < -0.39 is 0 Å². The molecule has 1 aromatic rings. The lowest BCUT2D eigenvalue weighted by Crippen LogP contribution is -2.44. The molecule has 5 heteroatoms. The summed E-state index contributed by atoms with van der Waals surface area (Å²) in [6, 6.07) is 4.54. The van der Waals surface area contributed by atoms with Crippen LogP contribution in [0, 0.1) is 0 Å². The van der Waals surface area contributed by atoms with E-state index in [0.717, 1.165) is 19.3 Å². The lowest BCUT2D eigenvalue weighted by atomic mass is 10.0. The highest BCUT2D eigenvalue weighted by Crippen LogP contribution is 2.26. The zero-order chi connectivity index (χ0) is 13.1. The molecule has 1 aromatic carbocycles. The zero-order valence-electron chi connectivity index (χ0n) is 9.90.